The van der Waals surface area contributed by atoms with E-state index in [1.807, 2.05) is 63.2 Å². The minimum Gasteiger partial charge on any atom is -0.497 e. The molecule has 2 aromatic carbocycles. The molecule has 0 fully saturated rings. The van der Waals surface area contributed by atoms with Crippen LogP contribution in [-0.2, 0) is 11.3 Å². The van der Waals surface area contributed by atoms with Crippen molar-refractivity contribution >= 4 is 17.7 Å². The highest BCUT2D eigenvalue weighted by Gasteiger charge is 2.20. The van der Waals surface area contributed by atoms with Gasteiger partial charge in [-0.15, -0.1) is 5.10 Å². The molecule has 146 valence electrons. The molecule has 0 bridgehead atoms. The number of rotatable bonds is 7. The third-order valence-corrected chi connectivity index (χ3v) is 5.40. The van der Waals surface area contributed by atoms with Gasteiger partial charge in [0.25, 0.3) is 0 Å². The van der Waals surface area contributed by atoms with Crippen LogP contribution < -0.4 is 10.1 Å². The number of amides is 1. The molecule has 0 radical (unpaired) electrons. The summed E-state index contributed by atoms with van der Waals surface area (Å²) in [4.78, 5) is 12.5. The van der Waals surface area contributed by atoms with Gasteiger partial charge in [0, 0.05) is 6.54 Å². The largest absolute Gasteiger partial charge is 0.497 e. The fourth-order valence-corrected chi connectivity index (χ4v) is 3.64. The lowest BCUT2D eigenvalue weighted by atomic mass is 10.1. The zero-order chi connectivity index (χ0) is 20.1. The number of nitrogens with zero attached hydrogens (tertiary/aromatic N) is 4. The smallest absolute Gasteiger partial charge is 0.233 e. The van der Waals surface area contributed by atoms with Gasteiger partial charge in [0.15, 0.2) is 0 Å². The molecule has 0 aliphatic rings. The number of carbonyl (C=O) groups is 1. The number of tetrazole rings is 1. The van der Waals surface area contributed by atoms with Gasteiger partial charge in [-0.2, -0.15) is 4.68 Å². The Morgan fingerprint density at radius 2 is 1.86 bits per heavy atom. The molecular weight excluding hydrogens is 374 g/mol. The first-order chi connectivity index (χ1) is 13.5. The average Bonchev–Trinajstić information content (AvgIpc) is 3.14. The van der Waals surface area contributed by atoms with E-state index in [1.165, 1.54) is 11.8 Å². The van der Waals surface area contributed by atoms with Crippen LogP contribution in [0.2, 0.25) is 0 Å². The monoisotopic (exact) mass is 397 g/mol. The van der Waals surface area contributed by atoms with E-state index >= 15 is 0 Å². The number of carbonyl (C=O) groups excluding carboxylic acids is 1. The number of benzene rings is 2. The molecule has 0 aliphatic carbocycles. The van der Waals surface area contributed by atoms with Gasteiger partial charge in [-0.25, -0.2) is 0 Å². The van der Waals surface area contributed by atoms with Crippen molar-refractivity contribution in [3.8, 4) is 11.4 Å². The topological polar surface area (TPSA) is 81.9 Å². The third kappa shape index (κ3) is 4.51. The van der Waals surface area contributed by atoms with Crippen molar-refractivity contribution in [1.82, 2.24) is 25.5 Å². The van der Waals surface area contributed by atoms with Crippen molar-refractivity contribution in [3.63, 3.8) is 0 Å². The van der Waals surface area contributed by atoms with E-state index in [9.17, 15) is 4.79 Å². The quantitative estimate of drug-likeness (QED) is 0.617. The van der Waals surface area contributed by atoms with Gasteiger partial charge in [0.2, 0.25) is 11.1 Å². The summed E-state index contributed by atoms with van der Waals surface area (Å²) < 4.78 is 6.84. The molecular formula is C20H23N5O2S. The number of hydrogen-bond donors (Lipinski definition) is 1. The maximum atomic E-state index is 12.5. The molecule has 1 heterocycles. The first-order valence-electron chi connectivity index (χ1n) is 8.92. The van der Waals surface area contributed by atoms with Crippen LogP contribution >= 0.6 is 11.8 Å². The molecule has 1 aromatic heterocycles. The number of methoxy groups -OCH3 is 1. The second-order valence-electron chi connectivity index (χ2n) is 6.44. The highest BCUT2D eigenvalue weighted by molar-refractivity contribution is 8.00. The maximum absolute atomic E-state index is 12.5. The summed E-state index contributed by atoms with van der Waals surface area (Å²) in [6.07, 6.45) is 0. The van der Waals surface area contributed by atoms with Crippen LogP contribution in [0.5, 0.6) is 5.75 Å². The van der Waals surface area contributed by atoms with Crippen LogP contribution in [-0.4, -0.2) is 38.5 Å². The van der Waals surface area contributed by atoms with Gasteiger partial charge >= 0.3 is 0 Å². The van der Waals surface area contributed by atoms with Crippen molar-refractivity contribution in [3.05, 3.63) is 59.2 Å². The lowest BCUT2D eigenvalue weighted by Crippen LogP contribution is -2.30. The predicted molar refractivity (Wildman–Crippen MR) is 109 cm³/mol. The predicted octanol–water partition coefficient (Wildman–Crippen LogP) is 3.08. The van der Waals surface area contributed by atoms with Gasteiger partial charge < -0.3 is 10.1 Å². The van der Waals surface area contributed by atoms with E-state index in [1.54, 1.807) is 11.8 Å². The number of ether oxygens (including phenoxy) is 1. The van der Waals surface area contributed by atoms with E-state index in [-0.39, 0.29) is 11.2 Å². The molecule has 0 aliphatic heterocycles. The summed E-state index contributed by atoms with van der Waals surface area (Å²) in [7, 11) is 1.63. The van der Waals surface area contributed by atoms with E-state index in [0.717, 1.165) is 28.1 Å². The van der Waals surface area contributed by atoms with Crippen LogP contribution in [0.3, 0.4) is 0 Å². The Hall–Kier alpha value is -2.87. The van der Waals surface area contributed by atoms with Gasteiger partial charge in [0.1, 0.15) is 5.75 Å². The Kier molecular flexibility index (Phi) is 6.30. The highest BCUT2D eigenvalue weighted by atomic mass is 32.2. The number of para-hydroxylation sites is 1. The van der Waals surface area contributed by atoms with Crippen molar-refractivity contribution in [2.45, 2.75) is 37.7 Å². The Morgan fingerprint density at radius 1 is 1.18 bits per heavy atom. The van der Waals surface area contributed by atoms with Crippen LogP contribution in [0.25, 0.3) is 5.69 Å². The molecule has 0 spiro atoms. The summed E-state index contributed by atoms with van der Waals surface area (Å²) >= 11 is 1.33. The van der Waals surface area contributed by atoms with Crippen LogP contribution in [0.1, 0.15) is 23.6 Å². The Morgan fingerprint density at radius 3 is 2.50 bits per heavy atom. The molecule has 0 unspecified atom stereocenters. The van der Waals surface area contributed by atoms with Crippen molar-refractivity contribution in [2.75, 3.05) is 7.11 Å². The number of hydrogen-bond acceptors (Lipinski definition) is 6. The van der Waals surface area contributed by atoms with Crippen LogP contribution in [0, 0.1) is 13.8 Å². The molecule has 0 saturated heterocycles. The number of thioether (sulfide) groups is 1. The summed E-state index contributed by atoms with van der Waals surface area (Å²) in [5, 5.41) is 15.2. The minimum absolute atomic E-state index is 0.0723. The standard InChI is InChI=1S/C20H23N5O2S/c1-13-6-5-7-14(2)18(13)25-20(22-23-24-25)28-15(3)19(26)21-12-16-8-10-17(27-4)11-9-16/h5-11,15H,12H2,1-4H3,(H,21,26)/t15-/m1/s1. The number of aromatic nitrogens is 4. The fraction of sp³-hybridized carbons (Fsp3) is 0.300. The molecule has 8 heteroatoms. The van der Waals surface area contributed by atoms with Crippen molar-refractivity contribution in [2.24, 2.45) is 0 Å². The Labute approximate surface area is 168 Å². The molecule has 3 rings (SSSR count). The molecule has 7 nitrogen and oxygen atoms in total. The minimum atomic E-state index is -0.340. The second-order valence-corrected chi connectivity index (χ2v) is 7.75. The zero-order valence-corrected chi connectivity index (χ0v) is 17.2. The van der Waals surface area contributed by atoms with E-state index in [4.69, 9.17) is 4.74 Å². The van der Waals surface area contributed by atoms with Crippen LogP contribution in [0.15, 0.2) is 47.6 Å². The SMILES string of the molecule is COc1ccc(CNC(=O)[C@@H](C)Sc2nnnn2-c2c(C)cccc2C)cc1. The number of aryl methyl sites for hydroxylation is 2. The molecule has 1 N–H and O–H groups in total. The average molecular weight is 398 g/mol. The normalized spacial score (nSPS) is 11.9. The van der Waals surface area contributed by atoms with Crippen LogP contribution in [0.4, 0.5) is 0 Å². The fourth-order valence-electron chi connectivity index (χ4n) is 2.82. The van der Waals surface area contributed by atoms with Gasteiger partial charge in [0.05, 0.1) is 18.0 Å². The molecule has 0 saturated carbocycles. The van der Waals surface area contributed by atoms with Gasteiger partial charge in [-0.05, 0) is 60.0 Å². The second kappa shape index (κ2) is 8.88. The highest BCUT2D eigenvalue weighted by Crippen LogP contribution is 2.26. The van der Waals surface area contributed by atoms with E-state index in [0.29, 0.717) is 11.7 Å². The molecule has 3 aromatic rings. The first kappa shape index (κ1) is 19.9. The maximum Gasteiger partial charge on any atom is 0.233 e. The summed E-state index contributed by atoms with van der Waals surface area (Å²) in [5.74, 6) is 0.717. The molecule has 1 amide bonds. The lowest BCUT2D eigenvalue weighted by molar-refractivity contribution is -0.120. The first-order valence-corrected chi connectivity index (χ1v) is 9.80. The molecule has 28 heavy (non-hydrogen) atoms. The third-order valence-electron chi connectivity index (χ3n) is 4.37. The van der Waals surface area contributed by atoms with Crippen molar-refractivity contribution < 1.29 is 9.53 Å². The lowest BCUT2D eigenvalue weighted by Gasteiger charge is -2.14. The Balaban J connectivity index is 1.65. The van der Waals surface area contributed by atoms with Crippen molar-refractivity contribution in [1.29, 1.82) is 0 Å². The van der Waals surface area contributed by atoms with Gasteiger partial charge in [-0.1, -0.05) is 42.1 Å². The van der Waals surface area contributed by atoms with Gasteiger partial charge in [-0.3, -0.25) is 4.79 Å². The van der Waals surface area contributed by atoms with E-state index in [2.05, 4.69) is 20.8 Å². The molecule has 1 atom stereocenters. The summed E-state index contributed by atoms with van der Waals surface area (Å²) in [6, 6.07) is 13.6. The zero-order valence-electron chi connectivity index (χ0n) is 16.3. The summed E-state index contributed by atoms with van der Waals surface area (Å²) in [6.45, 7) is 6.33. The number of nitrogens with one attached hydrogen (secondary N) is 1. The Bertz CT molecular complexity index is 935. The summed E-state index contributed by atoms with van der Waals surface area (Å²) in [5.41, 5.74) is 4.10. The van der Waals surface area contributed by atoms with E-state index < -0.39 is 0 Å².